The van der Waals surface area contributed by atoms with E-state index in [0.717, 1.165) is 0 Å². The summed E-state index contributed by atoms with van der Waals surface area (Å²) in [5, 5.41) is 20.8. The minimum Gasteiger partial charge on any atom is -0.507 e. The Hall–Kier alpha value is -2.50. The van der Waals surface area contributed by atoms with Crippen LogP contribution in [0, 0.1) is 0 Å². The summed E-state index contributed by atoms with van der Waals surface area (Å²) in [7, 11) is 0. The van der Waals surface area contributed by atoms with E-state index < -0.39 is 5.97 Å². The van der Waals surface area contributed by atoms with Crippen LogP contribution in [0.15, 0.2) is 30.9 Å². The number of anilines is 1. The molecule has 6 nitrogen and oxygen atoms in total. The van der Waals surface area contributed by atoms with Crippen molar-refractivity contribution >= 4 is 17.7 Å². The summed E-state index contributed by atoms with van der Waals surface area (Å²) in [5.41, 5.74) is 0.0484. The number of rotatable bonds is 5. The number of likely N-dealkylation sites (N-methyl/N-ethyl adjacent to an activating group) is 1. The summed E-state index contributed by atoms with van der Waals surface area (Å²) in [6, 6.07) is 3.51. The molecule has 0 radical (unpaired) electrons. The number of amides is 2. The second-order valence-corrected chi connectivity index (χ2v) is 3.79. The third kappa shape index (κ3) is 3.74. The van der Waals surface area contributed by atoms with E-state index >= 15 is 0 Å². The largest absolute Gasteiger partial charge is 0.507 e. The molecule has 0 saturated carbocycles. The standard InChI is InChI=1S/C13H16N2O4/c1-3-7-15(4-2)13(19)14-9-5-6-11(16)10(8-9)12(17)18/h3,5-6,8,16H,1,4,7H2,2H3,(H,14,19)(H,17,18). The molecular formula is C13H16N2O4. The van der Waals surface area contributed by atoms with Crippen LogP contribution in [0.5, 0.6) is 5.75 Å². The van der Waals surface area contributed by atoms with Crippen LogP contribution in [0.4, 0.5) is 10.5 Å². The normalized spacial score (nSPS) is 9.74. The fourth-order valence-corrected chi connectivity index (χ4v) is 1.50. The van der Waals surface area contributed by atoms with Crippen LogP contribution >= 0.6 is 0 Å². The zero-order valence-electron chi connectivity index (χ0n) is 10.6. The third-order valence-corrected chi connectivity index (χ3v) is 2.50. The lowest BCUT2D eigenvalue weighted by Crippen LogP contribution is -2.34. The summed E-state index contributed by atoms with van der Waals surface area (Å²) in [6.07, 6.45) is 1.60. The molecule has 6 heteroatoms. The van der Waals surface area contributed by atoms with Gasteiger partial charge in [0.2, 0.25) is 0 Å². The van der Waals surface area contributed by atoms with Gasteiger partial charge in [-0.1, -0.05) is 6.08 Å². The highest BCUT2D eigenvalue weighted by atomic mass is 16.4. The fraction of sp³-hybridized carbons (Fsp3) is 0.231. The molecule has 0 aliphatic rings. The van der Waals surface area contributed by atoms with Crippen molar-refractivity contribution < 1.29 is 19.8 Å². The third-order valence-electron chi connectivity index (χ3n) is 2.50. The molecule has 1 aromatic rings. The predicted octanol–water partition coefficient (Wildman–Crippen LogP) is 2.13. The number of urea groups is 1. The average molecular weight is 264 g/mol. The molecule has 1 aromatic carbocycles. The minimum absolute atomic E-state index is 0.260. The molecule has 3 N–H and O–H groups in total. The molecule has 0 heterocycles. The first-order valence-corrected chi connectivity index (χ1v) is 5.72. The number of carbonyl (C=O) groups is 2. The Morgan fingerprint density at radius 2 is 2.16 bits per heavy atom. The Morgan fingerprint density at radius 1 is 1.47 bits per heavy atom. The monoisotopic (exact) mass is 264 g/mol. The van der Waals surface area contributed by atoms with Gasteiger partial charge in [-0.3, -0.25) is 0 Å². The number of aromatic hydroxyl groups is 1. The molecule has 19 heavy (non-hydrogen) atoms. The first-order chi connectivity index (χ1) is 8.99. The fourth-order valence-electron chi connectivity index (χ4n) is 1.50. The van der Waals surface area contributed by atoms with Crippen molar-refractivity contribution in [2.24, 2.45) is 0 Å². The first-order valence-electron chi connectivity index (χ1n) is 5.72. The number of carboxylic acid groups (broad SMARTS) is 1. The molecule has 0 unspecified atom stereocenters. The zero-order chi connectivity index (χ0) is 14.4. The Bertz CT molecular complexity index is 499. The highest BCUT2D eigenvalue weighted by Gasteiger charge is 2.13. The van der Waals surface area contributed by atoms with Crippen molar-refractivity contribution in [3.8, 4) is 5.75 Å². The van der Waals surface area contributed by atoms with Gasteiger partial charge < -0.3 is 20.4 Å². The summed E-state index contributed by atoms with van der Waals surface area (Å²) in [6.45, 7) is 6.27. The van der Waals surface area contributed by atoms with Crippen molar-refractivity contribution in [1.82, 2.24) is 4.90 Å². The molecule has 0 aromatic heterocycles. The van der Waals surface area contributed by atoms with Crippen LogP contribution in [-0.2, 0) is 0 Å². The van der Waals surface area contributed by atoms with E-state index in [2.05, 4.69) is 11.9 Å². The quantitative estimate of drug-likeness (QED) is 0.561. The van der Waals surface area contributed by atoms with E-state index in [1.165, 1.54) is 23.1 Å². The molecule has 0 aliphatic carbocycles. The van der Waals surface area contributed by atoms with Crippen LogP contribution in [0.1, 0.15) is 17.3 Å². The van der Waals surface area contributed by atoms with E-state index in [1.807, 2.05) is 6.92 Å². The van der Waals surface area contributed by atoms with Gasteiger partial charge in [0.05, 0.1) is 0 Å². The Morgan fingerprint density at radius 3 is 2.68 bits per heavy atom. The van der Waals surface area contributed by atoms with Gasteiger partial charge in [-0.05, 0) is 25.1 Å². The molecule has 0 saturated heterocycles. The number of nitrogens with one attached hydrogen (secondary N) is 1. The summed E-state index contributed by atoms with van der Waals surface area (Å²) in [5.74, 6) is -1.60. The molecule has 2 amide bonds. The lowest BCUT2D eigenvalue weighted by atomic mass is 10.2. The van der Waals surface area contributed by atoms with Crippen LogP contribution in [0.25, 0.3) is 0 Å². The number of benzene rings is 1. The van der Waals surface area contributed by atoms with Gasteiger partial charge in [0.1, 0.15) is 11.3 Å². The molecule has 0 aliphatic heterocycles. The number of phenols is 1. The van der Waals surface area contributed by atoms with Crippen molar-refractivity contribution in [2.75, 3.05) is 18.4 Å². The predicted molar refractivity (Wildman–Crippen MR) is 71.5 cm³/mol. The lowest BCUT2D eigenvalue weighted by Gasteiger charge is -2.19. The van der Waals surface area contributed by atoms with E-state index in [0.29, 0.717) is 18.8 Å². The van der Waals surface area contributed by atoms with E-state index in [1.54, 1.807) is 6.08 Å². The maximum absolute atomic E-state index is 11.9. The minimum atomic E-state index is -1.26. The van der Waals surface area contributed by atoms with Crippen molar-refractivity contribution in [2.45, 2.75) is 6.92 Å². The van der Waals surface area contributed by atoms with Gasteiger partial charge >= 0.3 is 12.0 Å². The highest BCUT2D eigenvalue weighted by molar-refractivity contribution is 5.95. The van der Waals surface area contributed by atoms with Crippen LogP contribution in [0.3, 0.4) is 0 Å². The van der Waals surface area contributed by atoms with Crippen molar-refractivity contribution in [3.05, 3.63) is 36.4 Å². The number of hydrogen-bond donors (Lipinski definition) is 3. The van der Waals surface area contributed by atoms with Gasteiger partial charge in [0, 0.05) is 18.8 Å². The van der Waals surface area contributed by atoms with Gasteiger partial charge in [0.15, 0.2) is 0 Å². The SMILES string of the molecule is C=CCN(CC)C(=O)Nc1ccc(O)c(C(=O)O)c1. The Balaban J connectivity index is 2.87. The smallest absolute Gasteiger partial charge is 0.339 e. The molecule has 0 fully saturated rings. The van der Waals surface area contributed by atoms with Crippen LogP contribution in [0.2, 0.25) is 0 Å². The second kappa shape index (κ2) is 6.44. The van der Waals surface area contributed by atoms with E-state index in [4.69, 9.17) is 5.11 Å². The van der Waals surface area contributed by atoms with Gasteiger partial charge in [-0.2, -0.15) is 0 Å². The molecule has 1 rings (SSSR count). The summed E-state index contributed by atoms with van der Waals surface area (Å²) in [4.78, 5) is 24.2. The first kappa shape index (κ1) is 14.6. The Labute approximate surface area is 111 Å². The van der Waals surface area contributed by atoms with Gasteiger partial charge in [-0.15, -0.1) is 6.58 Å². The maximum Gasteiger partial charge on any atom is 0.339 e. The van der Waals surface area contributed by atoms with Crippen LogP contribution < -0.4 is 5.32 Å². The van der Waals surface area contributed by atoms with Gasteiger partial charge in [-0.25, -0.2) is 9.59 Å². The molecule has 102 valence electrons. The summed E-state index contributed by atoms with van der Waals surface area (Å²) >= 11 is 0. The van der Waals surface area contributed by atoms with Crippen molar-refractivity contribution in [1.29, 1.82) is 0 Å². The van der Waals surface area contributed by atoms with Crippen molar-refractivity contribution in [3.63, 3.8) is 0 Å². The number of hydrogen-bond acceptors (Lipinski definition) is 3. The number of aromatic carboxylic acids is 1. The lowest BCUT2D eigenvalue weighted by molar-refractivity contribution is 0.0693. The highest BCUT2D eigenvalue weighted by Crippen LogP contribution is 2.21. The Kier molecular flexibility index (Phi) is 4.93. The van der Waals surface area contributed by atoms with Crippen LogP contribution in [-0.4, -0.2) is 40.2 Å². The topological polar surface area (TPSA) is 89.9 Å². The zero-order valence-corrected chi connectivity index (χ0v) is 10.6. The summed E-state index contributed by atoms with van der Waals surface area (Å²) < 4.78 is 0. The maximum atomic E-state index is 11.9. The van der Waals surface area contributed by atoms with E-state index in [9.17, 15) is 14.7 Å². The number of nitrogens with zero attached hydrogens (tertiary/aromatic N) is 1. The van der Waals surface area contributed by atoms with E-state index in [-0.39, 0.29) is 17.3 Å². The number of carboxylic acids is 1. The molecular weight excluding hydrogens is 248 g/mol. The molecule has 0 spiro atoms. The number of carbonyl (C=O) groups excluding carboxylic acids is 1. The molecule has 0 bridgehead atoms. The second-order valence-electron chi connectivity index (χ2n) is 3.79. The average Bonchev–Trinajstić information content (AvgIpc) is 2.37. The molecule has 0 atom stereocenters. The van der Waals surface area contributed by atoms with Gasteiger partial charge in [0.25, 0.3) is 0 Å².